The lowest BCUT2D eigenvalue weighted by atomic mass is 9.79. The Morgan fingerprint density at radius 2 is 2.05 bits per heavy atom. The average Bonchev–Trinajstić information content (AvgIpc) is 2.27. The number of hydrogen-bond donors (Lipinski definition) is 0. The van der Waals surface area contributed by atoms with Crippen molar-refractivity contribution in [2.24, 2.45) is 11.3 Å². The van der Waals surface area contributed by atoms with Crippen molar-refractivity contribution in [3.05, 3.63) is 0 Å². The highest BCUT2D eigenvalue weighted by Gasteiger charge is 2.42. The Morgan fingerprint density at radius 3 is 2.53 bits per heavy atom. The highest BCUT2D eigenvalue weighted by Crippen LogP contribution is 2.31. The number of amides is 1. The van der Waals surface area contributed by atoms with Gasteiger partial charge in [-0.1, -0.05) is 20.8 Å². The lowest BCUT2D eigenvalue weighted by Gasteiger charge is -2.38. The van der Waals surface area contributed by atoms with Crippen LogP contribution in [0.1, 0.15) is 34.6 Å². The van der Waals surface area contributed by atoms with Gasteiger partial charge in [0.25, 0.3) is 0 Å². The molecule has 0 N–H and O–H groups in total. The van der Waals surface area contributed by atoms with Gasteiger partial charge in [-0.25, -0.2) is 0 Å². The van der Waals surface area contributed by atoms with Crippen molar-refractivity contribution < 1.29 is 14.3 Å². The smallest absolute Gasteiger partial charge is 0.319 e. The lowest BCUT2D eigenvalue weighted by molar-refractivity contribution is -0.161. The van der Waals surface area contributed by atoms with Crippen LogP contribution in [0, 0.1) is 11.3 Å². The summed E-state index contributed by atoms with van der Waals surface area (Å²) in [6.45, 7) is 10.6. The highest BCUT2D eigenvalue weighted by atomic mass is 32.2. The Morgan fingerprint density at radius 1 is 1.42 bits per heavy atom. The van der Waals surface area contributed by atoms with E-state index < -0.39 is 17.3 Å². The van der Waals surface area contributed by atoms with E-state index in [1.54, 1.807) is 6.92 Å². The summed E-state index contributed by atoms with van der Waals surface area (Å²) in [6.07, 6.45) is 0. The zero-order chi connectivity index (χ0) is 14.6. The number of thioether (sulfide) groups is 1. The highest BCUT2D eigenvalue weighted by molar-refractivity contribution is 7.99. The summed E-state index contributed by atoms with van der Waals surface area (Å²) in [5, 5.41) is 0. The fraction of sp³-hybridized carbons (Fsp3) is 0.857. The zero-order valence-corrected chi connectivity index (χ0v) is 13.4. The number of carbonyl (C=O) groups is 2. The predicted molar refractivity (Wildman–Crippen MR) is 78.1 cm³/mol. The molecule has 1 amide bonds. The summed E-state index contributed by atoms with van der Waals surface area (Å²) in [7, 11) is 0. The van der Waals surface area contributed by atoms with E-state index in [4.69, 9.17) is 4.74 Å². The van der Waals surface area contributed by atoms with Gasteiger partial charge in [0.2, 0.25) is 5.91 Å². The first kappa shape index (κ1) is 16.3. The minimum atomic E-state index is -0.710. The van der Waals surface area contributed by atoms with Gasteiger partial charge in [0.1, 0.15) is 5.92 Å². The van der Waals surface area contributed by atoms with Crippen molar-refractivity contribution >= 4 is 23.6 Å². The van der Waals surface area contributed by atoms with E-state index in [0.29, 0.717) is 6.61 Å². The number of carbonyl (C=O) groups excluding carboxylic acids is 2. The van der Waals surface area contributed by atoms with E-state index in [0.717, 1.165) is 18.1 Å². The third-order valence-electron chi connectivity index (χ3n) is 3.29. The second-order valence-electron chi connectivity index (χ2n) is 6.01. The van der Waals surface area contributed by atoms with E-state index >= 15 is 0 Å². The third-order valence-corrected chi connectivity index (χ3v) is 4.48. The Bertz CT molecular complexity index is 338. The second-order valence-corrected chi connectivity index (χ2v) is 7.16. The third kappa shape index (κ3) is 4.13. The number of hydrogen-bond acceptors (Lipinski definition) is 4. The van der Waals surface area contributed by atoms with E-state index in [1.807, 2.05) is 44.4 Å². The second kappa shape index (κ2) is 6.64. The molecule has 1 fully saturated rings. The Hall–Kier alpha value is -0.710. The minimum absolute atomic E-state index is 0.0845. The molecule has 5 heteroatoms. The topological polar surface area (TPSA) is 46.6 Å². The number of esters is 1. The molecule has 0 aromatic carbocycles. The predicted octanol–water partition coefficient (Wildman–Crippen LogP) is 2.18. The Balaban J connectivity index is 2.91. The molecule has 0 aliphatic carbocycles. The summed E-state index contributed by atoms with van der Waals surface area (Å²) < 4.78 is 5.09. The van der Waals surface area contributed by atoms with Crippen molar-refractivity contribution in [3.63, 3.8) is 0 Å². The normalized spacial score (nSPS) is 21.9. The number of rotatable bonds is 3. The average molecular weight is 287 g/mol. The molecule has 0 aromatic rings. The molecule has 1 rings (SSSR count). The van der Waals surface area contributed by atoms with Crippen LogP contribution in [0.25, 0.3) is 0 Å². The van der Waals surface area contributed by atoms with Crippen LogP contribution in [-0.4, -0.2) is 47.5 Å². The van der Waals surface area contributed by atoms with Crippen LogP contribution in [0.3, 0.4) is 0 Å². The van der Waals surface area contributed by atoms with E-state index in [2.05, 4.69) is 0 Å². The first-order valence-corrected chi connectivity index (χ1v) is 7.99. The zero-order valence-electron chi connectivity index (χ0n) is 12.6. The fourth-order valence-corrected chi connectivity index (χ4v) is 3.28. The van der Waals surface area contributed by atoms with Crippen molar-refractivity contribution in [1.82, 2.24) is 4.90 Å². The van der Waals surface area contributed by atoms with Crippen LogP contribution in [-0.2, 0) is 14.3 Å². The van der Waals surface area contributed by atoms with Gasteiger partial charge >= 0.3 is 5.97 Å². The molecule has 110 valence electrons. The number of nitrogens with zero attached hydrogens (tertiary/aromatic N) is 1. The molecule has 2 unspecified atom stereocenters. The van der Waals surface area contributed by atoms with E-state index in [1.165, 1.54) is 0 Å². The summed E-state index contributed by atoms with van der Waals surface area (Å²) in [5.41, 5.74) is -0.423. The molecule has 0 spiro atoms. The molecule has 2 atom stereocenters. The SMILES string of the molecule is CCOC(=O)C(C(=O)N1CCSCC1C)C(C)(C)C. The monoisotopic (exact) mass is 287 g/mol. The largest absolute Gasteiger partial charge is 0.465 e. The molecule has 1 heterocycles. The van der Waals surface area contributed by atoms with Crippen molar-refractivity contribution in [1.29, 1.82) is 0 Å². The molecule has 0 aromatic heterocycles. The maximum absolute atomic E-state index is 12.7. The summed E-state index contributed by atoms with van der Waals surface area (Å²) in [6, 6.07) is 0.186. The summed E-state index contributed by atoms with van der Waals surface area (Å²) >= 11 is 1.85. The van der Waals surface area contributed by atoms with Crippen LogP contribution in [0.4, 0.5) is 0 Å². The van der Waals surface area contributed by atoms with Crippen LogP contribution < -0.4 is 0 Å². The van der Waals surface area contributed by atoms with Gasteiger partial charge in [-0.05, 0) is 19.3 Å². The molecule has 1 aliphatic rings. The molecule has 1 aliphatic heterocycles. The van der Waals surface area contributed by atoms with E-state index in [9.17, 15) is 9.59 Å². The Kier molecular flexibility index (Phi) is 5.71. The molecule has 1 saturated heterocycles. The fourth-order valence-electron chi connectivity index (χ4n) is 2.27. The first-order valence-electron chi connectivity index (χ1n) is 6.84. The molecule has 0 saturated carbocycles. The first-order chi connectivity index (χ1) is 8.79. The maximum Gasteiger partial charge on any atom is 0.319 e. The molecule has 19 heavy (non-hydrogen) atoms. The number of ether oxygens (including phenoxy) is 1. The van der Waals surface area contributed by atoms with Gasteiger partial charge in [0, 0.05) is 24.1 Å². The van der Waals surface area contributed by atoms with Crippen molar-refractivity contribution in [3.8, 4) is 0 Å². The van der Waals surface area contributed by atoms with Gasteiger partial charge < -0.3 is 9.64 Å². The van der Waals surface area contributed by atoms with Gasteiger partial charge in [-0.15, -0.1) is 0 Å². The van der Waals surface area contributed by atoms with Gasteiger partial charge in [0.15, 0.2) is 0 Å². The molecular formula is C14H25NO3S. The van der Waals surface area contributed by atoms with Gasteiger partial charge in [-0.2, -0.15) is 11.8 Å². The quantitative estimate of drug-likeness (QED) is 0.589. The lowest BCUT2D eigenvalue weighted by Crippen LogP contribution is -2.52. The molecular weight excluding hydrogens is 262 g/mol. The van der Waals surface area contributed by atoms with Gasteiger partial charge in [-0.3, -0.25) is 9.59 Å². The van der Waals surface area contributed by atoms with E-state index in [-0.39, 0.29) is 11.9 Å². The van der Waals surface area contributed by atoms with Gasteiger partial charge in [0.05, 0.1) is 6.61 Å². The van der Waals surface area contributed by atoms with Crippen LogP contribution in [0.5, 0.6) is 0 Å². The summed E-state index contributed by atoms with van der Waals surface area (Å²) in [5.74, 6) is 0.684. The standard InChI is InChI=1S/C14H25NO3S/c1-6-18-13(17)11(14(3,4)5)12(16)15-7-8-19-9-10(15)2/h10-11H,6-9H2,1-5H3. The Labute approximate surface area is 120 Å². The molecule has 0 radical (unpaired) electrons. The molecule has 0 bridgehead atoms. The maximum atomic E-state index is 12.7. The molecule has 4 nitrogen and oxygen atoms in total. The summed E-state index contributed by atoms with van der Waals surface area (Å²) in [4.78, 5) is 26.6. The van der Waals surface area contributed by atoms with Crippen molar-refractivity contribution in [2.45, 2.75) is 40.7 Å². The van der Waals surface area contributed by atoms with Crippen LogP contribution in [0.2, 0.25) is 0 Å². The van der Waals surface area contributed by atoms with Crippen LogP contribution in [0.15, 0.2) is 0 Å². The minimum Gasteiger partial charge on any atom is -0.465 e. The van der Waals surface area contributed by atoms with Crippen LogP contribution >= 0.6 is 11.8 Å². The van der Waals surface area contributed by atoms with Crippen molar-refractivity contribution in [2.75, 3.05) is 24.7 Å².